The first kappa shape index (κ1) is 15.7. The first-order valence-corrected chi connectivity index (χ1v) is 9.23. The minimum atomic E-state index is 0.413. The lowest BCUT2D eigenvalue weighted by Crippen LogP contribution is -2.37. The second-order valence-electron chi connectivity index (χ2n) is 6.27. The predicted molar refractivity (Wildman–Crippen MR) is 98.4 cm³/mol. The molecular formula is C19H21N3OS. The number of fused-ring (bicyclic) bond motifs is 1. The second kappa shape index (κ2) is 6.59. The number of benzene rings is 1. The maximum Gasteiger partial charge on any atom is 0.127 e. The Labute approximate surface area is 146 Å². The maximum atomic E-state index is 5.45. The highest BCUT2D eigenvalue weighted by atomic mass is 32.1. The van der Waals surface area contributed by atoms with Gasteiger partial charge in [-0.3, -0.25) is 4.90 Å². The Morgan fingerprint density at radius 1 is 1.12 bits per heavy atom. The van der Waals surface area contributed by atoms with Gasteiger partial charge in [0, 0.05) is 30.1 Å². The van der Waals surface area contributed by atoms with E-state index in [1.165, 1.54) is 16.5 Å². The number of aryl methyl sites for hydroxylation is 1. The Kier molecular flexibility index (Phi) is 4.31. The molecule has 0 N–H and O–H groups in total. The van der Waals surface area contributed by atoms with Crippen LogP contribution in [0.2, 0.25) is 0 Å². The molecule has 24 heavy (non-hydrogen) atoms. The lowest BCUT2D eigenvalue weighted by Gasteiger charge is -2.32. The SMILES string of the molecule is Cc1csc2ncnc(-c3ccc([C@@H](C)N4CCOCC4)cc3)c12. The topological polar surface area (TPSA) is 38.2 Å². The molecule has 3 heterocycles. The summed E-state index contributed by atoms with van der Waals surface area (Å²) in [5.41, 5.74) is 4.77. The highest BCUT2D eigenvalue weighted by Crippen LogP contribution is 2.32. The van der Waals surface area contributed by atoms with Crippen LogP contribution in [0.5, 0.6) is 0 Å². The molecule has 5 heteroatoms. The summed E-state index contributed by atoms with van der Waals surface area (Å²) in [5.74, 6) is 0. The fourth-order valence-corrected chi connectivity index (χ4v) is 4.22. The molecule has 4 nitrogen and oxygen atoms in total. The number of hydrogen-bond donors (Lipinski definition) is 0. The monoisotopic (exact) mass is 339 g/mol. The molecule has 124 valence electrons. The van der Waals surface area contributed by atoms with Crippen molar-refractivity contribution in [3.63, 3.8) is 0 Å². The van der Waals surface area contributed by atoms with Crippen molar-refractivity contribution >= 4 is 21.6 Å². The lowest BCUT2D eigenvalue weighted by molar-refractivity contribution is 0.0198. The molecule has 0 radical (unpaired) electrons. The molecule has 1 fully saturated rings. The third-order valence-electron chi connectivity index (χ3n) is 4.81. The summed E-state index contributed by atoms with van der Waals surface area (Å²) in [7, 11) is 0. The van der Waals surface area contributed by atoms with E-state index >= 15 is 0 Å². The van der Waals surface area contributed by atoms with Crippen molar-refractivity contribution in [2.75, 3.05) is 26.3 Å². The molecule has 1 aliphatic heterocycles. The van der Waals surface area contributed by atoms with Crippen LogP contribution in [-0.2, 0) is 4.74 Å². The number of rotatable bonds is 3. The predicted octanol–water partition coefficient (Wildman–Crippen LogP) is 4.06. The van der Waals surface area contributed by atoms with E-state index in [1.54, 1.807) is 17.7 Å². The highest BCUT2D eigenvalue weighted by molar-refractivity contribution is 7.17. The van der Waals surface area contributed by atoms with Crippen molar-refractivity contribution in [2.45, 2.75) is 19.9 Å². The van der Waals surface area contributed by atoms with Crippen LogP contribution in [0.4, 0.5) is 0 Å². The normalized spacial score (nSPS) is 17.2. The summed E-state index contributed by atoms with van der Waals surface area (Å²) in [6.45, 7) is 8.07. The minimum Gasteiger partial charge on any atom is -0.379 e. The molecule has 0 bridgehead atoms. The van der Waals surface area contributed by atoms with Crippen LogP contribution in [0.15, 0.2) is 36.0 Å². The summed E-state index contributed by atoms with van der Waals surface area (Å²) >= 11 is 1.68. The van der Waals surface area contributed by atoms with E-state index in [4.69, 9.17) is 4.74 Å². The maximum absolute atomic E-state index is 5.45. The molecule has 0 unspecified atom stereocenters. The number of morpholine rings is 1. The Hall–Kier alpha value is -1.82. The van der Waals surface area contributed by atoms with Gasteiger partial charge in [-0.25, -0.2) is 9.97 Å². The van der Waals surface area contributed by atoms with Crippen LogP contribution in [-0.4, -0.2) is 41.2 Å². The van der Waals surface area contributed by atoms with Gasteiger partial charge in [-0.05, 0) is 30.4 Å². The standard InChI is InChI=1S/C19H21N3OS/c1-13-11-24-19-17(13)18(20-12-21-19)16-5-3-15(4-6-16)14(2)22-7-9-23-10-8-22/h3-6,11-12,14H,7-10H2,1-2H3/t14-/m1/s1. The Balaban J connectivity index is 1.64. The number of thiophene rings is 1. The fourth-order valence-electron chi connectivity index (χ4n) is 3.33. The minimum absolute atomic E-state index is 0.413. The molecule has 1 atom stereocenters. The smallest absolute Gasteiger partial charge is 0.127 e. The van der Waals surface area contributed by atoms with Crippen molar-refractivity contribution in [2.24, 2.45) is 0 Å². The van der Waals surface area contributed by atoms with Gasteiger partial charge in [-0.1, -0.05) is 24.3 Å². The van der Waals surface area contributed by atoms with Gasteiger partial charge in [0.2, 0.25) is 0 Å². The van der Waals surface area contributed by atoms with Gasteiger partial charge in [-0.15, -0.1) is 11.3 Å². The average Bonchev–Trinajstić information content (AvgIpc) is 3.03. The zero-order chi connectivity index (χ0) is 16.5. The molecule has 1 saturated heterocycles. The molecule has 1 aromatic carbocycles. The third-order valence-corrected chi connectivity index (χ3v) is 5.82. The van der Waals surface area contributed by atoms with Crippen molar-refractivity contribution < 1.29 is 4.74 Å². The average molecular weight is 339 g/mol. The van der Waals surface area contributed by atoms with Crippen molar-refractivity contribution in [1.29, 1.82) is 0 Å². The van der Waals surface area contributed by atoms with Gasteiger partial charge in [-0.2, -0.15) is 0 Å². The quantitative estimate of drug-likeness (QED) is 0.721. The van der Waals surface area contributed by atoms with Crippen molar-refractivity contribution in [3.8, 4) is 11.3 Å². The lowest BCUT2D eigenvalue weighted by atomic mass is 10.0. The van der Waals surface area contributed by atoms with Crippen molar-refractivity contribution in [1.82, 2.24) is 14.9 Å². The molecule has 0 saturated carbocycles. The van der Waals surface area contributed by atoms with E-state index in [-0.39, 0.29) is 0 Å². The summed E-state index contributed by atoms with van der Waals surface area (Å²) in [6.07, 6.45) is 1.66. The van der Waals surface area contributed by atoms with E-state index in [0.717, 1.165) is 42.4 Å². The fraction of sp³-hybridized carbons (Fsp3) is 0.368. The Bertz CT molecular complexity index is 837. The van der Waals surface area contributed by atoms with Crippen LogP contribution >= 0.6 is 11.3 Å². The van der Waals surface area contributed by atoms with E-state index in [0.29, 0.717) is 6.04 Å². The van der Waals surface area contributed by atoms with Gasteiger partial charge < -0.3 is 4.74 Å². The van der Waals surface area contributed by atoms with Crippen molar-refractivity contribution in [3.05, 3.63) is 47.1 Å². The largest absolute Gasteiger partial charge is 0.379 e. The van der Waals surface area contributed by atoms with Crippen LogP contribution in [0.1, 0.15) is 24.1 Å². The molecule has 0 aliphatic carbocycles. The summed E-state index contributed by atoms with van der Waals surface area (Å²) in [4.78, 5) is 12.5. The highest BCUT2D eigenvalue weighted by Gasteiger charge is 2.18. The first-order valence-electron chi connectivity index (χ1n) is 8.35. The first-order chi connectivity index (χ1) is 11.7. The van der Waals surface area contributed by atoms with E-state index in [1.807, 2.05) is 0 Å². The number of hydrogen-bond acceptors (Lipinski definition) is 5. The van der Waals surface area contributed by atoms with E-state index in [9.17, 15) is 0 Å². The van der Waals surface area contributed by atoms with E-state index in [2.05, 4.69) is 58.4 Å². The number of ether oxygens (including phenoxy) is 1. The van der Waals surface area contributed by atoms with Gasteiger partial charge in [0.05, 0.1) is 18.9 Å². The molecular weight excluding hydrogens is 318 g/mol. The van der Waals surface area contributed by atoms with Crippen LogP contribution in [0, 0.1) is 6.92 Å². The second-order valence-corrected chi connectivity index (χ2v) is 7.13. The molecule has 0 amide bonds. The third kappa shape index (κ3) is 2.83. The van der Waals surface area contributed by atoms with Crippen LogP contribution in [0.25, 0.3) is 21.5 Å². The summed E-state index contributed by atoms with van der Waals surface area (Å²) in [6, 6.07) is 9.24. The molecule has 4 rings (SSSR count). The summed E-state index contributed by atoms with van der Waals surface area (Å²) < 4.78 is 5.45. The van der Waals surface area contributed by atoms with Gasteiger partial charge >= 0.3 is 0 Å². The van der Waals surface area contributed by atoms with Gasteiger partial charge in [0.15, 0.2) is 0 Å². The molecule has 2 aromatic heterocycles. The number of nitrogens with zero attached hydrogens (tertiary/aromatic N) is 3. The molecule has 3 aromatic rings. The number of aromatic nitrogens is 2. The Morgan fingerprint density at radius 3 is 2.62 bits per heavy atom. The molecule has 0 spiro atoms. The summed E-state index contributed by atoms with van der Waals surface area (Å²) in [5, 5.41) is 3.33. The molecule has 1 aliphatic rings. The van der Waals surface area contributed by atoms with Crippen LogP contribution < -0.4 is 0 Å². The van der Waals surface area contributed by atoms with E-state index < -0.39 is 0 Å². The Morgan fingerprint density at radius 2 is 1.88 bits per heavy atom. The van der Waals surface area contributed by atoms with Gasteiger partial charge in [0.1, 0.15) is 11.2 Å². The van der Waals surface area contributed by atoms with Crippen LogP contribution in [0.3, 0.4) is 0 Å². The van der Waals surface area contributed by atoms with Gasteiger partial charge in [0.25, 0.3) is 0 Å². The zero-order valence-corrected chi connectivity index (χ0v) is 14.8. The zero-order valence-electron chi connectivity index (χ0n) is 14.0.